The fourth-order valence-corrected chi connectivity index (χ4v) is 2.82. The van der Waals surface area contributed by atoms with Gasteiger partial charge in [0.25, 0.3) is 0 Å². The van der Waals surface area contributed by atoms with Crippen LogP contribution in [-0.4, -0.2) is 35.8 Å². The van der Waals surface area contributed by atoms with Gasteiger partial charge in [-0.05, 0) is 50.1 Å². The summed E-state index contributed by atoms with van der Waals surface area (Å²) in [5.41, 5.74) is 4.78. The second-order valence-corrected chi connectivity index (χ2v) is 5.78. The number of hydrogen-bond acceptors (Lipinski definition) is 3. The molecule has 2 heterocycles. The summed E-state index contributed by atoms with van der Waals surface area (Å²) in [5, 5.41) is 3.56. The van der Waals surface area contributed by atoms with Gasteiger partial charge in [-0.2, -0.15) is 0 Å². The van der Waals surface area contributed by atoms with E-state index < -0.39 is 0 Å². The molecule has 108 valence electrons. The van der Waals surface area contributed by atoms with Gasteiger partial charge in [-0.25, -0.2) is 4.98 Å². The summed E-state index contributed by atoms with van der Waals surface area (Å²) in [6, 6.07) is 4.72. The van der Waals surface area contributed by atoms with Crippen LogP contribution in [-0.2, 0) is 4.74 Å². The number of H-pyrrole nitrogens is 1. The smallest absolute Gasteiger partial charge is 0.114 e. The fraction of sp³-hybridized carbons (Fsp3) is 0.562. The molecule has 4 nitrogen and oxygen atoms in total. The molecule has 1 aliphatic rings. The minimum absolute atomic E-state index is 0.328. The molecule has 1 fully saturated rings. The average Bonchev–Trinajstić information content (AvgIpc) is 3.03. The van der Waals surface area contributed by atoms with Crippen molar-refractivity contribution in [3.8, 4) is 0 Å². The molecule has 0 aliphatic carbocycles. The largest absolute Gasteiger partial charge is 0.379 e. The Hall–Kier alpha value is -1.39. The fourth-order valence-electron chi connectivity index (χ4n) is 2.82. The van der Waals surface area contributed by atoms with Gasteiger partial charge in [0.05, 0.1) is 30.2 Å². The molecule has 0 spiro atoms. The van der Waals surface area contributed by atoms with Crippen molar-refractivity contribution in [3.63, 3.8) is 0 Å². The summed E-state index contributed by atoms with van der Waals surface area (Å²) in [6.45, 7) is 9.01. The van der Waals surface area contributed by atoms with Gasteiger partial charge in [-0.15, -0.1) is 0 Å². The molecule has 2 N–H and O–H groups in total. The first-order valence-electron chi connectivity index (χ1n) is 7.47. The lowest BCUT2D eigenvalue weighted by Crippen LogP contribution is -2.35. The van der Waals surface area contributed by atoms with E-state index in [-0.39, 0.29) is 0 Å². The van der Waals surface area contributed by atoms with Crippen LogP contribution in [0.15, 0.2) is 12.1 Å². The zero-order valence-corrected chi connectivity index (χ0v) is 12.5. The van der Waals surface area contributed by atoms with Crippen LogP contribution in [0.1, 0.15) is 36.2 Å². The van der Waals surface area contributed by atoms with Crippen molar-refractivity contribution in [2.24, 2.45) is 0 Å². The second-order valence-electron chi connectivity index (χ2n) is 5.78. The Bertz CT molecular complexity index is 566. The second kappa shape index (κ2) is 5.54. The molecule has 2 unspecified atom stereocenters. The Morgan fingerprint density at radius 1 is 1.30 bits per heavy atom. The predicted octanol–water partition coefficient (Wildman–Crippen LogP) is 2.66. The maximum atomic E-state index is 5.64. The van der Waals surface area contributed by atoms with Crippen molar-refractivity contribution in [2.45, 2.75) is 39.2 Å². The van der Waals surface area contributed by atoms with Gasteiger partial charge in [-0.3, -0.25) is 0 Å². The Balaban J connectivity index is 1.89. The number of aryl methyl sites for hydroxylation is 2. The maximum Gasteiger partial charge on any atom is 0.114 e. The number of imidazole rings is 1. The third kappa shape index (κ3) is 2.45. The zero-order valence-electron chi connectivity index (χ0n) is 12.5. The number of ether oxygens (including phenoxy) is 1. The van der Waals surface area contributed by atoms with Gasteiger partial charge >= 0.3 is 0 Å². The van der Waals surface area contributed by atoms with Crippen LogP contribution in [0.4, 0.5) is 0 Å². The molecule has 0 radical (unpaired) electrons. The van der Waals surface area contributed by atoms with E-state index in [0.717, 1.165) is 43.0 Å². The molecule has 1 aliphatic heterocycles. The number of rotatable bonds is 4. The van der Waals surface area contributed by atoms with Crippen molar-refractivity contribution in [1.29, 1.82) is 0 Å². The third-order valence-electron chi connectivity index (χ3n) is 4.20. The molecule has 3 rings (SSSR count). The molecule has 0 saturated carbocycles. The van der Waals surface area contributed by atoms with Crippen LogP contribution < -0.4 is 5.32 Å². The van der Waals surface area contributed by atoms with Crippen molar-refractivity contribution >= 4 is 11.0 Å². The molecular weight excluding hydrogens is 250 g/mol. The summed E-state index contributed by atoms with van der Waals surface area (Å²) >= 11 is 0. The Morgan fingerprint density at radius 2 is 2.10 bits per heavy atom. The van der Waals surface area contributed by atoms with Gasteiger partial charge in [0.15, 0.2) is 0 Å². The zero-order chi connectivity index (χ0) is 14.1. The van der Waals surface area contributed by atoms with E-state index in [0.29, 0.717) is 12.0 Å². The molecule has 1 aromatic heterocycles. The monoisotopic (exact) mass is 273 g/mol. The lowest BCUT2D eigenvalue weighted by molar-refractivity contribution is 0.187. The standard InChI is InChI=1S/C16H23N3O/c1-4-5-17-15-9-20-8-12(15)16-18-13-6-10(2)11(3)7-14(13)19-16/h6-7,12,15,17H,4-5,8-9H2,1-3H3,(H,18,19). The number of benzene rings is 1. The van der Waals surface area contributed by atoms with Gasteiger partial charge in [0.1, 0.15) is 5.82 Å². The number of nitrogens with one attached hydrogen (secondary N) is 2. The van der Waals surface area contributed by atoms with Crippen LogP contribution in [0, 0.1) is 13.8 Å². The van der Waals surface area contributed by atoms with Crippen LogP contribution in [0.3, 0.4) is 0 Å². The molecule has 1 saturated heterocycles. The van der Waals surface area contributed by atoms with Crippen LogP contribution in [0.2, 0.25) is 0 Å². The SMILES string of the molecule is CCCNC1COCC1c1nc2cc(C)c(C)cc2[nH]1. The van der Waals surface area contributed by atoms with Gasteiger partial charge in [-0.1, -0.05) is 6.92 Å². The highest BCUT2D eigenvalue weighted by Gasteiger charge is 2.31. The van der Waals surface area contributed by atoms with E-state index in [2.05, 4.69) is 43.2 Å². The van der Waals surface area contributed by atoms with Gasteiger partial charge in [0.2, 0.25) is 0 Å². The summed E-state index contributed by atoms with van der Waals surface area (Å²) in [5.74, 6) is 1.38. The predicted molar refractivity (Wildman–Crippen MR) is 81.2 cm³/mol. The Kier molecular flexibility index (Phi) is 3.76. The molecular formula is C16H23N3O. The van der Waals surface area contributed by atoms with Crippen LogP contribution >= 0.6 is 0 Å². The highest BCUT2D eigenvalue weighted by molar-refractivity contribution is 5.77. The highest BCUT2D eigenvalue weighted by Crippen LogP contribution is 2.26. The Labute approximate surface area is 119 Å². The lowest BCUT2D eigenvalue weighted by Gasteiger charge is -2.16. The first-order chi connectivity index (χ1) is 9.69. The van der Waals surface area contributed by atoms with Crippen molar-refractivity contribution in [1.82, 2.24) is 15.3 Å². The summed E-state index contributed by atoms with van der Waals surface area (Å²) in [7, 11) is 0. The molecule has 4 heteroatoms. The third-order valence-corrected chi connectivity index (χ3v) is 4.20. The van der Waals surface area contributed by atoms with Crippen molar-refractivity contribution in [3.05, 3.63) is 29.1 Å². The van der Waals surface area contributed by atoms with E-state index in [1.807, 2.05) is 0 Å². The highest BCUT2D eigenvalue weighted by atomic mass is 16.5. The number of hydrogen-bond donors (Lipinski definition) is 2. The maximum absolute atomic E-state index is 5.64. The molecule has 2 aromatic rings. The summed E-state index contributed by atoms with van der Waals surface area (Å²) in [6.07, 6.45) is 1.14. The van der Waals surface area contributed by atoms with Crippen molar-refractivity contribution in [2.75, 3.05) is 19.8 Å². The molecule has 0 bridgehead atoms. The quantitative estimate of drug-likeness (QED) is 0.900. The molecule has 20 heavy (non-hydrogen) atoms. The van der Waals surface area contributed by atoms with Crippen LogP contribution in [0.25, 0.3) is 11.0 Å². The number of aromatic nitrogens is 2. The summed E-state index contributed by atoms with van der Waals surface area (Å²) in [4.78, 5) is 8.26. The molecule has 0 amide bonds. The molecule has 1 aromatic carbocycles. The number of fused-ring (bicyclic) bond motifs is 1. The van der Waals surface area contributed by atoms with E-state index in [4.69, 9.17) is 9.72 Å². The van der Waals surface area contributed by atoms with Crippen LogP contribution in [0.5, 0.6) is 0 Å². The summed E-state index contributed by atoms with van der Waals surface area (Å²) < 4.78 is 5.64. The van der Waals surface area contributed by atoms with Gasteiger partial charge in [0, 0.05) is 6.04 Å². The minimum Gasteiger partial charge on any atom is -0.379 e. The Morgan fingerprint density at radius 3 is 2.90 bits per heavy atom. The first kappa shape index (κ1) is 13.6. The first-order valence-corrected chi connectivity index (χ1v) is 7.47. The average molecular weight is 273 g/mol. The lowest BCUT2D eigenvalue weighted by atomic mass is 10.0. The number of nitrogens with zero attached hydrogens (tertiary/aromatic N) is 1. The number of aromatic amines is 1. The van der Waals surface area contributed by atoms with Gasteiger partial charge < -0.3 is 15.0 Å². The topological polar surface area (TPSA) is 49.9 Å². The van der Waals surface area contributed by atoms with E-state index in [9.17, 15) is 0 Å². The van der Waals surface area contributed by atoms with E-state index in [1.165, 1.54) is 11.1 Å². The molecule has 2 atom stereocenters. The minimum atomic E-state index is 0.328. The van der Waals surface area contributed by atoms with E-state index >= 15 is 0 Å². The normalized spacial score (nSPS) is 22.8. The van der Waals surface area contributed by atoms with E-state index in [1.54, 1.807) is 0 Å². The van der Waals surface area contributed by atoms with Crippen molar-refractivity contribution < 1.29 is 4.74 Å².